The maximum absolute atomic E-state index is 12.0. The maximum atomic E-state index is 12.0. The molecule has 5 nitrogen and oxygen atoms in total. The number of thiazole rings is 1. The van der Waals surface area contributed by atoms with Gasteiger partial charge < -0.3 is 4.74 Å². The SMILES string of the molecule is COC(=O)CC(C)SCc1cc(=O)n2c(C)csc2n1. The van der Waals surface area contributed by atoms with Crippen molar-refractivity contribution in [2.75, 3.05) is 7.11 Å². The van der Waals surface area contributed by atoms with Crippen molar-refractivity contribution in [3.8, 4) is 0 Å². The molecule has 0 aromatic carbocycles. The van der Waals surface area contributed by atoms with Crippen molar-refractivity contribution in [1.82, 2.24) is 9.38 Å². The lowest BCUT2D eigenvalue weighted by molar-refractivity contribution is -0.140. The largest absolute Gasteiger partial charge is 0.469 e. The van der Waals surface area contributed by atoms with Crippen molar-refractivity contribution >= 4 is 34.0 Å². The summed E-state index contributed by atoms with van der Waals surface area (Å²) in [5.41, 5.74) is 1.60. The third-order valence-electron chi connectivity index (χ3n) is 2.83. The van der Waals surface area contributed by atoms with Gasteiger partial charge in [0, 0.05) is 28.1 Å². The molecule has 0 aliphatic rings. The van der Waals surface area contributed by atoms with Gasteiger partial charge in [-0.3, -0.25) is 14.0 Å². The van der Waals surface area contributed by atoms with Crippen molar-refractivity contribution in [3.05, 3.63) is 33.2 Å². The number of ether oxygens (including phenoxy) is 1. The Labute approximate surface area is 125 Å². The van der Waals surface area contributed by atoms with E-state index in [1.807, 2.05) is 19.2 Å². The van der Waals surface area contributed by atoms with Crippen molar-refractivity contribution in [2.24, 2.45) is 0 Å². The molecule has 108 valence electrons. The van der Waals surface area contributed by atoms with E-state index in [2.05, 4.69) is 9.72 Å². The molecule has 7 heteroatoms. The number of carbonyl (C=O) groups is 1. The molecule has 0 fully saturated rings. The molecule has 0 saturated heterocycles. The molecular weight excluding hydrogens is 296 g/mol. The Balaban J connectivity index is 2.07. The van der Waals surface area contributed by atoms with Gasteiger partial charge in [0.15, 0.2) is 4.96 Å². The number of aryl methyl sites for hydroxylation is 1. The topological polar surface area (TPSA) is 60.7 Å². The molecule has 2 aromatic rings. The van der Waals surface area contributed by atoms with Crippen LogP contribution in [0.1, 0.15) is 24.7 Å². The molecule has 0 spiro atoms. The summed E-state index contributed by atoms with van der Waals surface area (Å²) in [6, 6.07) is 1.56. The quantitative estimate of drug-likeness (QED) is 0.793. The number of aromatic nitrogens is 2. The van der Waals surface area contributed by atoms with E-state index in [-0.39, 0.29) is 16.8 Å². The highest BCUT2D eigenvalue weighted by molar-refractivity contribution is 7.99. The molecular formula is C13H16N2O3S2. The smallest absolute Gasteiger partial charge is 0.306 e. The molecule has 1 unspecified atom stereocenters. The van der Waals surface area contributed by atoms with Crippen LogP contribution in [-0.2, 0) is 15.3 Å². The Morgan fingerprint density at radius 1 is 1.60 bits per heavy atom. The molecule has 2 rings (SSSR count). The molecule has 20 heavy (non-hydrogen) atoms. The van der Waals surface area contributed by atoms with Gasteiger partial charge in [-0.15, -0.1) is 11.3 Å². The van der Waals surface area contributed by atoms with Gasteiger partial charge in [-0.25, -0.2) is 4.98 Å². The molecule has 0 bridgehead atoms. The number of esters is 1. The molecule has 0 amide bonds. The predicted octanol–water partition coefficient (Wildman–Crippen LogP) is 2.25. The van der Waals surface area contributed by atoms with Crippen molar-refractivity contribution in [3.63, 3.8) is 0 Å². The summed E-state index contributed by atoms with van der Waals surface area (Å²) in [6.07, 6.45) is 0.362. The van der Waals surface area contributed by atoms with Crippen molar-refractivity contribution in [2.45, 2.75) is 31.3 Å². The van der Waals surface area contributed by atoms with Crippen molar-refractivity contribution < 1.29 is 9.53 Å². The normalized spacial score (nSPS) is 12.6. The zero-order valence-electron chi connectivity index (χ0n) is 11.6. The Kier molecular flexibility index (Phi) is 4.82. The van der Waals surface area contributed by atoms with Gasteiger partial charge in [0.05, 0.1) is 19.2 Å². The molecule has 2 aromatic heterocycles. The average Bonchev–Trinajstić information content (AvgIpc) is 2.78. The van der Waals surface area contributed by atoms with Gasteiger partial charge >= 0.3 is 5.97 Å². The van der Waals surface area contributed by atoms with Crippen LogP contribution in [0.25, 0.3) is 4.96 Å². The zero-order chi connectivity index (χ0) is 14.7. The van der Waals surface area contributed by atoms with E-state index in [0.717, 1.165) is 11.4 Å². The molecule has 0 aliphatic carbocycles. The molecule has 0 radical (unpaired) electrons. The maximum Gasteiger partial charge on any atom is 0.306 e. The highest BCUT2D eigenvalue weighted by atomic mass is 32.2. The lowest BCUT2D eigenvalue weighted by atomic mass is 10.3. The summed E-state index contributed by atoms with van der Waals surface area (Å²) >= 11 is 3.05. The summed E-state index contributed by atoms with van der Waals surface area (Å²) < 4.78 is 6.24. The van der Waals surface area contributed by atoms with E-state index in [9.17, 15) is 9.59 Å². The zero-order valence-corrected chi connectivity index (χ0v) is 13.2. The van der Waals surface area contributed by atoms with Gasteiger partial charge in [-0.2, -0.15) is 11.8 Å². The second-order valence-electron chi connectivity index (χ2n) is 4.48. The lowest BCUT2D eigenvalue weighted by Crippen LogP contribution is -2.15. The van der Waals surface area contributed by atoms with Crippen LogP contribution in [-0.4, -0.2) is 27.7 Å². The van der Waals surface area contributed by atoms with Gasteiger partial charge in [0.1, 0.15) is 0 Å². The summed E-state index contributed by atoms with van der Waals surface area (Å²) in [5, 5.41) is 2.05. The number of hydrogen-bond donors (Lipinski definition) is 0. The first kappa shape index (κ1) is 15.1. The number of methoxy groups -OCH3 is 1. The number of hydrogen-bond acceptors (Lipinski definition) is 6. The predicted molar refractivity (Wildman–Crippen MR) is 81.5 cm³/mol. The van der Waals surface area contributed by atoms with Crippen LogP contribution in [0.4, 0.5) is 0 Å². The van der Waals surface area contributed by atoms with E-state index < -0.39 is 0 Å². The molecule has 1 atom stereocenters. The monoisotopic (exact) mass is 312 g/mol. The summed E-state index contributed by atoms with van der Waals surface area (Å²) in [4.78, 5) is 28.3. The summed E-state index contributed by atoms with van der Waals surface area (Å²) in [7, 11) is 1.38. The molecule has 0 aliphatic heterocycles. The minimum absolute atomic E-state index is 0.0510. The number of rotatable bonds is 5. The van der Waals surface area contributed by atoms with Crippen LogP contribution in [0.3, 0.4) is 0 Å². The highest BCUT2D eigenvalue weighted by Gasteiger charge is 2.11. The fraction of sp³-hybridized carbons (Fsp3) is 0.462. The number of carbonyl (C=O) groups excluding carboxylic acids is 1. The Hall–Kier alpha value is -1.34. The third kappa shape index (κ3) is 3.40. The van der Waals surface area contributed by atoms with Crippen LogP contribution in [0.2, 0.25) is 0 Å². The number of fused-ring (bicyclic) bond motifs is 1. The van der Waals surface area contributed by atoms with Gasteiger partial charge in [0.25, 0.3) is 5.56 Å². The van der Waals surface area contributed by atoms with E-state index in [4.69, 9.17) is 0 Å². The molecule has 0 N–H and O–H groups in total. The fourth-order valence-corrected chi connectivity index (χ4v) is 3.53. The number of nitrogens with zero attached hydrogens (tertiary/aromatic N) is 2. The van der Waals surface area contributed by atoms with Crippen molar-refractivity contribution in [1.29, 1.82) is 0 Å². The first-order valence-electron chi connectivity index (χ1n) is 6.16. The Morgan fingerprint density at radius 3 is 3.05 bits per heavy atom. The minimum Gasteiger partial charge on any atom is -0.469 e. The average molecular weight is 312 g/mol. The summed E-state index contributed by atoms with van der Waals surface area (Å²) in [6.45, 7) is 3.85. The van der Waals surface area contributed by atoms with Crippen LogP contribution in [0.15, 0.2) is 16.2 Å². The van der Waals surface area contributed by atoms with Gasteiger partial charge in [0.2, 0.25) is 0 Å². The fourth-order valence-electron chi connectivity index (χ4n) is 1.78. The standard InChI is InChI=1S/C13H16N2O3S2/c1-8-6-20-13-14-10(5-11(16)15(8)13)7-19-9(2)4-12(17)18-3/h5-6,9H,4,7H2,1-3H3. The molecule has 2 heterocycles. The summed E-state index contributed by atoms with van der Waals surface area (Å²) in [5.74, 6) is 0.392. The number of thioether (sulfide) groups is 1. The van der Waals surface area contributed by atoms with Gasteiger partial charge in [-0.05, 0) is 6.92 Å². The van der Waals surface area contributed by atoms with E-state index in [1.165, 1.54) is 18.4 Å². The highest BCUT2D eigenvalue weighted by Crippen LogP contribution is 2.20. The lowest BCUT2D eigenvalue weighted by Gasteiger charge is -2.09. The van der Waals surface area contributed by atoms with Crippen LogP contribution >= 0.6 is 23.1 Å². The first-order valence-corrected chi connectivity index (χ1v) is 8.09. The van der Waals surface area contributed by atoms with Gasteiger partial charge in [-0.1, -0.05) is 6.92 Å². The molecule has 0 saturated carbocycles. The third-order valence-corrected chi connectivity index (χ3v) is 4.97. The van der Waals surface area contributed by atoms with E-state index in [0.29, 0.717) is 17.1 Å². The minimum atomic E-state index is -0.220. The Bertz CT molecular complexity index is 678. The van der Waals surface area contributed by atoms with E-state index >= 15 is 0 Å². The van der Waals surface area contributed by atoms with Crippen LogP contribution < -0.4 is 5.56 Å². The second-order valence-corrected chi connectivity index (χ2v) is 6.75. The van der Waals surface area contributed by atoms with Crippen LogP contribution in [0.5, 0.6) is 0 Å². The Morgan fingerprint density at radius 2 is 2.35 bits per heavy atom. The first-order chi connectivity index (χ1) is 9.51. The van der Waals surface area contributed by atoms with Crippen LogP contribution in [0, 0.1) is 6.92 Å². The van der Waals surface area contributed by atoms with E-state index in [1.54, 1.807) is 22.2 Å². The second kappa shape index (κ2) is 6.41.